The van der Waals surface area contributed by atoms with Crippen LogP contribution in [0.25, 0.3) is 10.4 Å². The van der Waals surface area contributed by atoms with Crippen molar-refractivity contribution in [2.75, 3.05) is 0 Å². The molecule has 31 heavy (non-hydrogen) atoms. The largest absolute Gasteiger partial charge is 0.318 e. The van der Waals surface area contributed by atoms with E-state index in [-0.39, 0.29) is 17.8 Å². The number of ketones is 1. The Bertz CT molecular complexity index is 1250. The summed E-state index contributed by atoms with van der Waals surface area (Å²) in [5, 5.41) is 0.664. The Labute approximate surface area is 191 Å². The Balaban J connectivity index is 2.02. The number of rotatable bonds is 5. The van der Waals surface area contributed by atoms with Gasteiger partial charge in [0.1, 0.15) is 5.78 Å². The predicted octanol–water partition coefficient (Wildman–Crippen LogP) is 6.04. The Hall–Kier alpha value is -2.50. The van der Waals surface area contributed by atoms with Gasteiger partial charge in [-0.05, 0) is 43.5 Å². The van der Waals surface area contributed by atoms with Crippen molar-refractivity contribution in [3.8, 4) is 10.4 Å². The molecule has 6 heteroatoms. The average molecular weight is 453 g/mol. The first-order chi connectivity index (χ1) is 14.8. The molecular weight excluding hydrogens is 428 g/mol. The molecule has 4 rings (SSSR count). The van der Waals surface area contributed by atoms with Crippen LogP contribution in [0.5, 0.6) is 0 Å². The van der Waals surface area contributed by atoms with E-state index in [1.807, 2.05) is 37.4 Å². The number of hydrogen-bond donors (Lipinski definition) is 0. The van der Waals surface area contributed by atoms with Gasteiger partial charge in [0.25, 0.3) is 5.56 Å². The third-order valence-electron chi connectivity index (χ3n) is 5.84. The molecule has 1 aliphatic heterocycles. The van der Waals surface area contributed by atoms with Crippen LogP contribution in [0, 0.1) is 13.8 Å². The molecule has 0 saturated heterocycles. The van der Waals surface area contributed by atoms with Crippen molar-refractivity contribution in [3.05, 3.63) is 79.0 Å². The normalized spacial score (nSPS) is 15.1. The Morgan fingerprint density at radius 1 is 1.23 bits per heavy atom. The molecule has 0 saturated carbocycles. The first kappa shape index (κ1) is 21.7. The van der Waals surface area contributed by atoms with Crippen LogP contribution in [-0.2, 0) is 11.8 Å². The van der Waals surface area contributed by atoms with Crippen molar-refractivity contribution in [2.45, 2.75) is 46.1 Å². The molecule has 160 valence electrons. The summed E-state index contributed by atoms with van der Waals surface area (Å²) < 4.78 is 1.60. The molecule has 0 bridgehead atoms. The van der Waals surface area contributed by atoms with E-state index in [1.165, 1.54) is 10.4 Å². The fourth-order valence-corrected chi connectivity index (χ4v) is 5.40. The van der Waals surface area contributed by atoms with E-state index >= 15 is 0 Å². The van der Waals surface area contributed by atoms with Gasteiger partial charge in [-0.2, -0.15) is 0 Å². The van der Waals surface area contributed by atoms with Crippen LogP contribution in [-0.4, -0.2) is 16.1 Å². The average Bonchev–Trinajstić information content (AvgIpc) is 2.95. The zero-order valence-corrected chi connectivity index (χ0v) is 19.7. The van der Waals surface area contributed by atoms with E-state index in [1.54, 1.807) is 29.0 Å². The number of aromatic nitrogens is 1. The number of fused-ring (bicyclic) bond motifs is 3. The molecule has 0 N–H and O–H groups in total. The number of aliphatic imine (C=N–C) groups is 1. The van der Waals surface area contributed by atoms with Crippen molar-refractivity contribution in [3.63, 3.8) is 0 Å². The van der Waals surface area contributed by atoms with E-state index < -0.39 is 6.04 Å². The third kappa shape index (κ3) is 4.04. The fourth-order valence-electron chi connectivity index (χ4n) is 4.08. The molecule has 0 unspecified atom stereocenters. The van der Waals surface area contributed by atoms with E-state index in [0.29, 0.717) is 11.4 Å². The molecule has 0 aliphatic carbocycles. The maximum Gasteiger partial charge on any atom is 0.250 e. The van der Waals surface area contributed by atoms with Gasteiger partial charge < -0.3 is 4.57 Å². The smallest absolute Gasteiger partial charge is 0.250 e. The molecule has 1 atom stereocenters. The number of Topliss-reactive ketones (excluding diaryl/α,β-unsaturated/α-hetero) is 1. The zero-order valence-electron chi connectivity index (χ0n) is 18.2. The Morgan fingerprint density at radius 2 is 1.94 bits per heavy atom. The number of hydrogen-bond acceptors (Lipinski definition) is 4. The summed E-state index contributed by atoms with van der Waals surface area (Å²) in [7, 11) is 1.76. The van der Waals surface area contributed by atoms with Gasteiger partial charge in [0.05, 0.1) is 11.8 Å². The standard InChI is InChI=1S/C25H25ClN2O2S/c1-5-6-18(29)11-21-19-12-22(30)28(4)13-20(19)25-23(14(2)15(3)31-25)24(27-21)16-7-9-17(26)10-8-16/h7-10,12-13,21H,5-6,11H2,1-4H3/t21-/m0/s1. The maximum absolute atomic E-state index is 12.6. The Kier molecular flexibility index (Phi) is 6.00. The number of carbonyl (C=O) groups excluding carboxylic acids is 1. The minimum atomic E-state index is -0.395. The third-order valence-corrected chi connectivity index (χ3v) is 7.33. The highest BCUT2D eigenvalue weighted by Crippen LogP contribution is 2.44. The second-order valence-corrected chi connectivity index (χ2v) is 9.73. The van der Waals surface area contributed by atoms with Gasteiger partial charge in [-0.3, -0.25) is 14.6 Å². The van der Waals surface area contributed by atoms with Crippen molar-refractivity contribution in [1.82, 2.24) is 4.57 Å². The van der Waals surface area contributed by atoms with Gasteiger partial charge >= 0.3 is 0 Å². The molecule has 0 spiro atoms. The van der Waals surface area contributed by atoms with Crippen LogP contribution in [0.3, 0.4) is 0 Å². The molecule has 3 heterocycles. The number of pyridine rings is 1. The quantitative estimate of drug-likeness (QED) is 0.474. The number of nitrogens with zero attached hydrogens (tertiary/aromatic N) is 2. The summed E-state index contributed by atoms with van der Waals surface area (Å²) in [5.74, 6) is 0.163. The number of aryl methyl sites for hydroxylation is 2. The van der Waals surface area contributed by atoms with Gasteiger partial charge in [0.15, 0.2) is 0 Å². The summed E-state index contributed by atoms with van der Waals surface area (Å²) >= 11 is 7.85. The van der Waals surface area contributed by atoms with E-state index in [2.05, 4.69) is 13.8 Å². The minimum Gasteiger partial charge on any atom is -0.318 e. The van der Waals surface area contributed by atoms with Crippen LogP contribution in [0.4, 0.5) is 0 Å². The monoisotopic (exact) mass is 452 g/mol. The van der Waals surface area contributed by atoms with Crippen LogP contribution < -0.4 is 5.56 Å². The molecule has 0 fully saturated rings. The van der Waals surface area contributed by atoms with Crippen LogP contribution in [0.1, 0.15) is 59.4 Å². The Morgan fingerprint density at radius 3 is 2.61 bits per heavy atom. The highest BCUT2D eigenvalue weighted by molar-refractivity contribution is 7.16. The minimum absolute atomic E-state index is 0.0941. The topological polar surface area (TPSA) is 51.4 Å². The molecule has 1 aliphatic rings. The number of thiophene rings is 1. The maximum atomic E-state index is 12.6. The first-order valence-corrected chi connectivity index (χ1v) is 11.7. The van der Waals surface area contributed by atoms with Crippen molar-refractivity contribution < 1.29 is 4.79 Å². The van der Waals surface area contributed by atoms with Gasteiger partial charge in [-0.1, -0.05) is 30.7 Å². The van der Waals surface area contributed by atoms with Gasteiger partial charge in [0, 0.05) is 63.6 Å². The molecule has 4 nitrogen and oxygen atoms in total. The highest BCUT2D eigenvalue weighted by atomic mass is 35.5. The van der Waals surface area contributed by atoms with Crippen LogP contribution >= 0.6 is 22.9 Å². The lowest BCUT2D eigenvalue weighted by Gasteiger charge is -2.16. The number of halogens is 1. The zero-order chi connectivity index (χ0) is 22.3. The van der Waals surface area contributed by atoms with Crippen LogP contribution in [0.2, 0.25) is 5.02 Å². The van der Waals surface area contributed by atoms with E-state index in [0.717, 1.165) is 39.3 Å². The first-order valence-electron chi connectivity index (χ1n) is 10.5. The van der Waals surface area contributed by atoms with Gasteiger partial charge in [0.2, 0.25) is 0 Å². The van der Waals surface area contributed by atoms with Crippen molar-refractivity contribution in [2.24, 2.45) is 12.0 Å². The highest BCUT2D eigenvalue weighted by Gasteiger charge is 2.30. The lowest BCUT2D eigenvalue weighted by Crippen LogP contribution is -2.18. The van der Waals surface area contributed by atoms with Crippen LogP contribution in [0.15, 0.2) is 46.3 Å². The molecule has 1 aromatic carbocycles. The lowest BCUT2D eigenvalue weighted by molar-refractivity contribution is -0.119. The summed E-state index contributed by atoms with van der Waals surface area (Å²) in [4.78, 5) is 32.6. The second kappa shape index (κ2) is 8.56. The van der Waals surface area contributed by atoms with Gasteiger partial charge in [-0.15, -0.1) is 11.3 Å². The molecule has 0 radical (unpaired) electrons. The fraction of sp³-hybridized carbons (Fsp3) is 0.320. The molecule has 3 aromatic rings. The van der Waals surface area contributed by atoms with E-state index in [4.69, 9.17) is 16.6 Å². The van der Waals surface area contributed by atoms with Crippen molar-refractivity contribution >= 4 is 34.4 Å². The second-order valence-electron chi connectivity index (χ2n) is 8.07. The molecule has 0 amide bonds. The summed E-state index contributed by atoms with van der Waals surface area (Å²) in [6.07, 6.45) is 3.50. The lowest BCUT2D eigenvalue weighted by atomic mass is 9.95. The molecular formula is C25H25ClN2O2S. The number of benzene rings is 1. The SMILES string of the molecule is CCCC(=O)C[C@@H]1N=C(c2ccc(Cl)cc2)c2c(sc(C)c2C)-c2cn(C)c(=O)cc21. The summed E-state index contributed by atoms with van der Waals surface area (Å²) in [5.41, 5.74) is 5.79. The van der Waals surface area contributed by atoms with Crippen molar-refractivity contribution in [1.29, 1.82) is 0 Å². The predicted molar refractivity (Wildman–Crippen MR) is 129 cm³/mol. The summed E-state index contributed by atoms with van der Waals surface area (Å²) in [6, 6.07) is 8.92. The van der Waals surface area contributed by atoms with Gasteiger partial charge in [-0.25, -0.2) is 0 Å². The molecule has 2 aromatic heterocycles. The van der Waals surface area contributed by atoms with E-state index in [9.17, 15) is 9.59 Å². The summed E-state index contributed by atoms with van der Waals surface area (Å²) in [6.45, 7) is 6.22. The number of carbonyl (C=O) groups is 1.